The van der Waals surface area contributed by atoms with Crippen LogP contribution in [0.25, 0.3) is 0 Å². The van der Waals surface area contributed by atoms with E-state index in [-0.39, 0.29) is 25.7 Å². The fourth-order valence-electron chi connectivity index (χ4n) is 8.60. The Morgan fingerprint density at radius 1 is 0.346 bits per heavy atom. The Balaban J connectivity index is 5.23. The van der Waals surface area contributed by atoms with Gasteiger partial charge in [-0.1, -0.05) is 228 Å². The van der Waals surface area contributed by atoms with Crippen LogP contribution in [0.4, 0.5) is 0 Å². The van der Waals surface area contributed by atoms with Gasteiger partial charge in [0, 0.05) is 25.7 Å². The molecule has 17 nitrogen and oxygen atoms in total. The van der Waals surface area contributed by atoms with E-state index in [9.17, 15) is 43.2 Å². The van der Waals surface area contributed by atoms with Gasteiger partial charge in [-0.2, -0.15) is 0 Å². The number of ether oxygens (including phenoxy) is 4. The minimum absolute atomic E-state index is 0.102. The summed E-state index contributed by atoms with van der Waals surface area (Å²) in [4.78, 5) is 71.8. The Labute approximate surface area is 473 Å². The van der Waals surface area contributed by atoms with Gasteiger partial charge >= 0.3 is 39.5 Å². The summed E-state index contributed by atoms with van der Waals surface area (Å²) in [6.07, 6.45) is 29.7. The molecule has 0 aromatic rings. The largest absolute Gasteiger partial charge is 0.472 e. The second kappa shape index (κ2) is 50.8. The Morgan fingerprint density at radius 2 is 0.590 bits per heavy atom. The number of phosphoric acid groups is 2. The molecule has 2 unspecified atom stereocenters. The van der Waals surface area contributed by atoms with Crippen LogP contribution in [0.5, 0.6) is 0 Å². The lowest BCUT2D eigenvalue weighted by Crippen LogP contribution is -2.30. The third-order valence-electron chi connectivity index (χ3n) is 13.4. The SMILES string of the molecule is CCCCCCCCCC(=O)OC[C@H](COP(=O)(O)OC[C@H](O)COP(=O)(O)OC[C@@H](COC(=O)CCCCCCCCCC(C)C)OC(=O)CCCCCCCCCCC(C)C)OC(=O)CCCCCCCCCC(C)C. The highest BCUT2D eigenvalue weighted by molar-refractivity contribution is 7.47. The lowest BCUT2D eigenvalue weighted by atomic mass is 10.0. The maximum atomic E-state index is 12.9. The van der Waals surface area contributed by atoms with Crippen molar-refractivity contribution in [1.82, 2.24) is 0 Å². The maximum Gasteiger partial charge on any atom is 0.472 e. The molecule has 3 N–H and O–H groups in total. The van der Waals surface area contributed by atoms with E-state index >= 15 is 0 Å². The monoisotopic (exact) mass is 1160 g/mol. The molecule has 0 heterocycles. The molecule has 0 aliphatic carbocycles. The zero-order valence-corrected chi connectivity index (χ0v) is 51.9. The van der Waals surface area contributed by atoms with E-state index in [1.165, 1.54) is 70.6 Å². The van der Waals surface area contributed by atoms with Gasteiger partial charge in [0.25, 0.3) is 0 Å². The van der Waals surface area contributed by atoms with Crippen LogP contribution in [0.1, 0.15) is 280 Å². The van der Waals surface area contributed by atoms with Crippen molar-refractivity contribution in [2.45, 2.75) is 298 Å². The normalized spacial score (nSPS) is 14.5. The zero-order chi connectivity index (χ0) is 58.1. The fraction of sp³-hybridized carbons (Fsp3) is 0.932. The molecule has 0 aliphatic heterocycles. The van der Waals surface area contributed by atoms with E-state index in [4.69, 9.17) is 37.0 Å². The summed E-state index contributed by atoms with van der Waals surface area (Å²) >= 11 is 0. The van der Waals surface area contributed by atoms with Crippen LogP contribution >= 0.6 is 15.6 Å². The smallest absolute Gasteiger partial charge is 0.462 e. The maximum absolute atomic E-state index is 12.9. The van der Waals surface area contributed by atoms with Gasteiger partial charge in [0.2, 0.25) is 0 Å². The van der Waals surface area contributed by atoms with Gasteiger partial charge < -0.3 is 33.8 Å². The molecule has 0 radical (unpaired) electrons. The second-order valence-electron chi connectivity index (χ2n) is 22.8. The van der Waals surface area contributed by atoms with Crippen molar-refractivity contribution in [3.8, 4) is 0 Å². The molecule has 0 aliphatic rings. The summed E-state index contributed by atoms with van der Waals surface area (Å²) in [5.41, 5.74) is 0. The van der Waals surface area contributed by atoms with Crippen LogP contribution in [0, 0.1) is 17.8 Å². The average molecular weight is 1160 g/mol. The van der Waals surface area contributed by atoms with Gasteiger partial charge in [0.1, 0.15) is 19.3 Å². The van der Waals surface area contributed by atoms with E-state index in [0.717, 1.165) is 115 Å². The number of esters is 4. The Kier molecular flexibility index (Phi) is 49.5. The second-order valence-corrected chi connectivity index (χ2v) is 25.7. The highest BCUT2D eigenvalue weighted by atomic mass is 31.2. The van der Waals surface area contributed by atoms with Gasteiger partial charge in [-0.3, -0.25) is 37.3 Å². The number of phosphoric ester groups is 2. The van der Waals surface area contributed by atoms with Crippen molar-refractivity contribution in [1.29, 1.82) is 0 Å². The Morgan fingerprint density at radius 3 is 0.872 bits per heavy atom. The van der Waals surface area contributed by atoms with Crippen molar-refractivity contribution in [3.63, 3.8) is 0 Å². The molecule has 0 amide bonds. The standard InChI is InChI=1S/C59H114O17P2/c1-8-9-10-11-16-26-33-40-56(61)69-46-54(76-59(64)43-36-29-22-15-19-25-32-39-52(6)7)48-73-77(65,66)71-44-53(60)45-72-78(67,68)74-49-55(47-70-57(62)41-34-27-21-14-18-24-31-38-51(4)5)75-58(63)42-35-28-20-13-12-17-23-30-37-50(2)3/h50-55,60H,8-49H2,1-7H3,(H,65,66)(H,67,68)/t53-,54+,55+/m0/s1. The molecule has 0 saturated carbocycles. The number of rotatable bonds is 57. The van der Waals surface area contributed by atoms with E-state index < -0.39 is 97.5 Å². The average Bonchev–Trinajstić information content (AvgIpc) is 3.38. The predicted octanol–water partition coefficient (Wildman–Crippen LogP) is 15.6. The molecular weight excluding hydrogens is 1040 g/mol. The molecule has 462 valence electrons. The predicted molar refractivity (Wildman–Crippen MR) is 308 cm³/mol. The van der Waals surface area contributed by atoms with Crippen LogP contribution in [0.3, 0.4) is 0 Å². The van der Waals surface area contributed by atoms with Crippen molar-refractivity contribution in [2.24, 2.45) is 17.8 Å². The lowest BCUT2D eigenvalue weighted by Gasteiger charge is -2.21. The molecule has 78 heavy (non-hydrogen) atoms. The number of aliphatic hydroxyl groups excluding tert-OH is 1. The van der Waals surface area contributed by atoms with Crippen molar-refractivity contribution in [2.75, 3.05) is 39.6 Å². The van der Waals surface area contributed by atoms with Crippen LogP contribution in [0.2, 0.25) is 0 Å². The van der Waals surface area contributed by atoms with Gasteiger partial charge in [-0.05, 0) is 43.4 Å². The molecule has 0 spiro atoms. The number of aliphatic hydroxyl groups is 1. The van der Waals surface area contributed by atoms with Gasteiger partial charge in [0.05, 0.1) is 26.4 Å². The van der Waals surface area contributed by atoms with E-state index in [1.54, 1.807) is 0 Å². The first-order chi connectivity index (χ1) is 37.2. The molecule has 0 saturated heterocycles. The van der Waals surface area contributed by atoms with Crippen LogP contribution in [-0.2, 0) is 65.4 Å². The van der Waals surface area contributed by atoms with Gasteiger partial charge in [-0.25, -0.2) is 9.13 Å². The molecule has 19 heteroatoms. The highest BCUT2D eigenvalue weighted by Crippen LogP contribution is 2.45. The van der Waals surface area contributed by atoms with Crippen LogP contribution in [0.15, 0.2) is 0 Å². The summed E-state index contributed by atoms with van der Waals surface area (Å²) < 4.78 is 67.6. The molecule has 0 aromatic heterocycles. The van der Waals surface area contributed by atoms with Crippen molar-refractivity contribution >= 4 is 39.5 Å². The van der Waals surface area contributed by atoms with Crippen LogP contribution in [-0.4, -0.2) is 96.7 Å². The summed E-state index contributed by atoms with van der Waals surface area (Å²) in [6, 6.07) is 0. The van der Waals surface area contributed by atoms with E-state index in [2.05, 4.69) is 48.5 Å². The third kappa shape index (κ3) is 53.4. The first-order valence-corrected chi connectivity index (χ1v) is 33.8. The third-order valence-corrected chi connectivity index (χ3v) is 15.3. The Hall–Kier alpha value is -1.94. The van der Waals surface area contributed by atoms with Crippen LogP contribution < -0.4 is 0 Å². The molecule has 0 fully saturated rings. The number of hydrogen-bond acceptors (Lipinski definition) is 15. The number of hydrogen-bond donors (Lipinski definition) is 3. The summed E-state index contributed by atoms with van der Waals surface area (Å²) in [7, 11) is -9.87. The summed E-state index contributed by atoms with van der Waals surface area (Å²) in [6.45, 7) is 11.5. The minimum Gasteiger partial charge on any atom is -0.462 e. The number of carbonyl (C=O) groups excluding carboxylic acids is 4. The molecule has 5 atom stereocenters. The highest BCUT2D eigenvalue weighted by Gasteiger charge is 2.30. The molecular formula is C59H114O17P2. The molecule has 0 aromatic carbocycles. The quantitative estimate of drug-likeness (QED) is 0.0222. The number of unbranched alkanes of at least 4 members (excludes halogenated alkanes) is 25. The van der Waals surface area contributed by atoms with E-state index in [0.29, 0.717) is 37.5 Å². The van der Waals surface area contributed by atoms with E-state index in [1.807, 2.05) is 0 Å². The molecule has 0 rings (SSSR count). The molecule has 0 bridgehead atoms. The topological polar surface area (TPSA) is 237 Å². The lowest BCUT2D eigenvalue weighted by molar-refractivity contribution is -0.161. The first-order valence-electron chi connectivity index (χ1n) is 30.8. The van der Waals surface area contributed by atoms with Gasteiger partial charge in [0.15, 0.2) is 12.2 Å². The fourth-order valence-corrected chi connectivity index (χ4v) is 10.2. The minimum atomic E-state index is -4.94. The zero-order valence-electron chi connectivity index (χ0n) is 50.1. The summed E-state index contributed by atoms with van der Waals surface area (Å²) in [5.74, 6) is -0.0318. The van der Waals surface area contributed by atoms with Gasteiger partial charge in [-0.15, -0.1) is 0 Å². The van der Waals surface area contributed by atoms with Crippen molar-refractivity contribution in [3.05, 3.63) is 0 Å². The first kappa shape index (κ1) is 76.1. The summed E-state index contributed by atoms with van der Waals surface area (Å²) in [5, 5.41) is 10.5. The van der Waals surface area contributed by atoms with Crippen molar-refractivity contribution < 1.29 is 80.2 Å². The number of carbonyl (C=O) groups is 4. The Bertz CT molecular complexity index is 1560.